The Balaban J connectivity index is 2.57. The largest absolute Gasteiger partial charge is 0.382 e. The Labute approximate surface area is 118 Å². The zero-order valence-electron chi connectivity index (χ0n) is 11.5. The van der Waals surface area contributed by atoms with Crippen LogP contribution in [0.1, 0.15) is 25.3 Å². The van der Waals surface area contributed by atoms with Crippen LogP contribution in [0.25, 0.3) is 0 Å². The van der Waals surface area contributed by atoms with Crippen molar-refractivity contribution in [2.75, 3.05) is 25.1 Å². The van der Waals surface area contributed by atoms with Crippen LogP contribution in [0.2, 0.25) is 0 Å². The van der Waals surface area contributed by atoms with Gasteiger partial charge < -0.3 is 15.8 Å². The van der Waals surface area contributed by atoms with E-state index in [-0.39, 0.29) is 18.0 Å². The van der Waals surface area contributed by atoms with E-state index in [0.29, 0.717) is 31.7 Å². The van der Waals surface area contributed by atoms with Crippen LogP contribution in [0.3, 0.4) is 0 Å². The second-order valence-corrected chi connectivity index (χ2v) is 4.05. The van der Waals surface area contributed by atoms with Gasteiger partial charge in [0.25, 0.3) is 0 Å². The van der Waals surface area contributed by atoms with Gasteiger partial charge >= 0.3 is 0 Å². The van der Waals surface area contributed by atoms with Gasteiger partial charge in [0.1, 0.15) is 5.82 Å². The first-order valence-electron chi connectivity index (χ1n) is 6.53. The van der Waals surface area contributed by atoms with Gasteiger partial charge in [-0.2, -0.15) is 0 Å². The molecule has 0 saturated heterocycles. The predicted octanol–water partition coefficient (Wildman–Crippen LogP) is 1.89. The number of amides is 1. The molecular formula is C15H19FN2O2. The molecule has 0 spiro atoms. The van der Waals surface area contributed by atoms with Crippen molar-refractivity contribution in [3.8, 4) is 11.8 Å². The number of benzene rings is 1. The molecule has 1 rings (SSSR count). The molecule has 1 amide bonds. The summed E-state index contributed by atoms with van der Waals surface area (Å²) in [5.41, 5.74) is 5.99. The lowest BCUT2D eigenvalue weighted by Crippen LogP contribution is -2.12. The summed E-state index contributed by atoms with van der Waals surface area (Å²) in [7, 11) is 0. The number of hydrogen-bond donors (Lipinski definition) is 2. The first-order valence-corrected chi connectivity index (χ1v) is 6.53. The standard InChI is InChI=1S/C15H19FN2O2/c1-2-20-10-4-6-15(19)18-13-7-8-14(16)12(11-13)5-3-9-17/h7-8,11H,2,4,6,9-10,17H2,1H3,(H,18,19). The van der Waals surface area contributed by atoms with E-state index >= 15 is 0 Å². The van der Waals surface area contributed by atoms with Crippen molar-refractivity contribution < 1.29 is 13.9 Å². The van der Waals surface area contributed by atoms with Crippen LogP contribution in [-0.4, -0.2) is 25.7 Å². The molecule has 0 atom stereocenters. The second-order valence-electron chi connectivity index (χ2n) is 4.05. The van der Waals surface area contributed by atoms with Crippen LogP contribution < -0.4 is 11.1 Å². The molecule has 0 unspecified atom stereocenters. The van der Waals surface area contributed by atoms with E-state index < -0.39 is 5.82 Å². The molecule has 20 heavy (non-hydrogen) atoms. The van der Waals surface area contributed by atoms with Crippen molar-refractivity contribution in [3.05, 3.63) is 29.6 Å². The summed E-state index contributed by atoms with van der Waals surface area (Å²) in [5.74, 6) is 4.65. The maximum atomic E-state index is 13.4. The number of rotatable bonds is 6. The van der Waals surface area contributed by atoms with Gasteiger partial charge in [0, 0.05) is 25.3 Å². The van der Waals surface area contributed by atoms with Crippen molar-refractivity contribution in [2.45, 2.75) is 19.8 Å². The number of nitrogens with two attached hydrogens (primary N) is 1. The average Bonchev–Trinajstić information content (AvgIpc) is 2.44. The molecule has 0 bridgehead atoms. The molecule has 0 heterocycles. The minimum Gasteiger partial charge on any atom is -0.382 e. The summed E-state index contributed by atoms with van der Waals surface area (Å²) in [5, 5.41) is 2.70. The van der Waals surface area contributed by atoms with Crippen LogP contribution in [0.15, 0.2) is 18.2 Å². The summed E-state index contributed by atoms with van der Waals surface area (Å²) in [6, 6.07) is 4.28. The Morgan fingerprint density at radius 2 is 2.30 bits per heavy atom. The van der Waals surface area contributed by atoms with Crippen LogP contribution in [0.4, 0.5) is 10.1 Å². The Morgan fingerprint density at radius 1 is 1.50 bits per heavy atom. The number of halogens is 1. The van der Waals surface area contributed by atoms with Gasteiger partial charge in [-0.25, -0.2) is 4.39 Å². The number of nitrogens with one attached hydrogen (secondary N) is 1. The van der Waals surface area contributed by atoms with E-state index in [1.165, 1.54) is 18.2 Å². The minimum absolute atomic E-state index is 0.131. The molecule has 0 fully saturated rings. The summed E-state index contributed by atoms with van der Waals surface area (Å²) >= 11 is 0. The lowest BCUT2D eigenvalue weighted by atomic mass is 10.2. The fourth-order valence-electron chi connectivity index (χ4n) is 1.55. The Morgan fingerprint density at radius 3 is 3.00 bits per heavy atom. The lowest BCUT2D eigenvalue weighted by molar-refractivity contribution is -0.116. The second kappa shape index (κ2) is 9.08. The number of hydrogen-bond acceptors (Lipinski definition) is 3. The van der Waals surface area contributed by atoms with Gasteiger partial charge in [0.2, 0.25) is 5.91 Å². The zero-order chi connectivity index (χ0) is 14.8. The highest BCUT2D eigenvalue weighted by Crippen LogP contribution is 2.14. The van der Waals surface area contributed by atoms with Gasteiger partial charge in [0.05, 0.1) is 12.1 Å². The highest BCUT2D eigenvalue weighted by atomic mass is 19.1. The van der Waals surface area contributed by atoms with Crippen molar-refractivity contribution in [3.63, 3.8) is 0 Å². The highest BCUT2D eigenvalue weighted by Gasteiger charge is 2.05. The fourth-order valence-corrected chi connectivity index (χ4v) is 1.55. The zero-order valence-corrected chi connectivity index (χ0v) is 11.5. The summed E-state index contributed by atoms with van der Waals surface area (Å²) in [4.78, 5) is 11.7. The number of carbonyl (C=O) groups is 1. The molecule has 1 aromatic rings. The van der Waals surface area contributed by atoms with Crippen molar-refractivity contribution >= 4 is 11.6 Å². The maximum absolute atomic E-state index is 13.4. The van der Waals surface area contributed by atoms with Gasteiger partial charge in [-0.05, 0) is 31.5 Å². The fraction of sp³-hybridized carbons (Fsp3) is 0.400. The third kappa shape index (κ3) is 5.83. The molecule has 0 aliphatic rings. The molecule has 1 aromatic carbocycles. The van der Waals surface area contributed by atoms with Gasteiger partial charge in [0.15, 0.2) is 0 Å². The van der Waals surface area contributed by atoms with Crippen LogP contribution in [0.5, 0.6) is 0 Å². The van der Waals surface area contributed by atoms with E-state index in [0.717, 1.165) is 0 Å². The van der Waals surface area contributed by atoms with Crippen LogP contribution in [-0.2, 0) is 9.53 Å². The van der Waals surface area contributed by atoms with Crippen LogP contribution >= 0.6 is 0 Å². The molecule has 3 N–H and O–H groups in total. The number of carbonyl (C=O) groups excluding carboxylic acids is 1. The number of ether oxygens (including phenoxy) is 1. The molecule has 5 heteroatoms. The monoisotopic (exact) mass is 278 g/mol. The molecule has 108 valence electrons. The maximum Gasteiger partial charge on any atom is 0.224 e. The average molecular weight is 278 g/mol. The van der Waals surface area contributed by atoms with Crippen molar-refractivity contribution in [2.24, 2.45) is 5.73 Å². The predicted molar refractivity (Wildman–Crippen MR) is 76.7 cm³/mol. The Bertz CT molecular complexity index is 506. The summed E-state index contributed by atoms with van der Waals surface area (Å²) in [6.45, 7) is 3.26. The number of anilines is 1. The SMILES string of the molecule is CCOCCCC(=O)Nc1ccc(F)c(C#CCN)c1. The Hall–Kier alpha value is -1.90. The molecular weight excluding hydrogens is 259 g/mol. The van der Waals surface area contributed by atoms with E-state index in [1.807, 2.05) is 6.92 Å². The van der Waals surface area contributed by atoms with E-state index in [9.17, 15) is 9.18 Å². The quantitative estimate of drug-likeness (QED) is 0.617. The molecule has 0 radical (unpaired) electrons. The normalized spacial score (nSPS) is 9.75. The lowest BCUT2D eigenvalue weighted by Gasteiger charge is -2.06. The molecule has 0 aliphatic carbocycles. The third-order valence-electron chi connectivity index (χ3n) is 2.47. The summed E-state index contributed by atoms with van der Waals surface area (Å²) < 4.78 is 18.6. The Kier molecular flexibility index (Phi) is 7.33. The van der Waals surface area contributed by atoms with Crippen molar-refractivity contribution in [1.82, 2.24) is 0 Å². The van der Waals surface area contributed by atoms with Crippen LogP contribution in [0, 0.1) is 17.7 Å². The first kappa shape index (κ1) is 16.2. The van der Waals surface area contributed by atoms with Gasteiger partial charge in [-0.3, -0.25) is 4.79 Å². The first-order chi connectivity index (χ1) is 9.67. The molecule has 0 saturated carbocycles. The molecule has 0 aliphatic heterocycles. The van der Waals surface area contributed by atoms with Gasteiger partial charge in [-0.15, -0.1) is 0 Å². The van der Waals surface area contributed by atoms with E-state index in [4.69, 9.17) is 10.5 Å². The topological polar surface area (TPSA) is 64.3 Å². The summed E-state index contributed by atoms with van der Waals surface area (Å²) in [6.07, 6.45) is 1.02. The van der Waals surface area contributed by atoms with E-state index in [2.05, 4.69) is 17.2 Å². The third-order valence-corrected chi connectivity index (χ3v) is 2.47. The van der Waals surface area contributed by atoms with Gasteiger partial charge in [-0.1, -0.05) is 11.8 Å². The smallest absolute Gasteiger partial charge is 0.224 e. The van der Waals surface area contributed by atoms with E-state index in [1.54, 1.807) is 0 Å². The highest BCUT2D eigenvalue weighted by molar-refractivity contribution is 5.90. The minimum atomic E-state index is -0.430. The molecule has 4 nitrogen and oxygen atoms in total. The molecule has 0 aromatic heterocycles. The van der Waals surface area contributed by atoms with Crippen molar-refractivity contribution in [1.29, 1.82) is 0 Å².